The molecule has 0 aliphatic rings. The Morgan fingerprint density at radius 1 is 0.794 bits per heavy atom. The summed E-state index contributed by atoms with van der Waals surface area (Å²) in [5.41, 5.74) is -2.21. The number of ketones is 2. The molecule has 0 saturated heterocycles. The van der Waals surface area contributed by atoms with Gasteiger partial charge in [-0.3, -0.25) is 0 Å². The van der Waals surface area contributed by atoms with Crippen molar-refractivity contribution in [1.82, 2.24) is 0 Å². The van der Waals surface area contributed by atoms with Crippen LogP contribution in [0.2, 0.25) is 0 Å². The molecule has 0 spiro atoms. The predicted molar refractivity (Wildman–Crippen MR) is 130 cm³/mol. The maximum absolute atomic E-state index is 12.9. The molecule has 0 heterocycles. The standard InChI is InChI=1S/C27H46O4.H2O.O.Ti/c1-7-24(28)27(26(30)31,25(29)8-2)23(22(5)6)20-18-16-14-12-10-9-11-13-15-17-19-21(3)4;;;/h7-8,21-23H,1-2,9-20H2,3-6H3,(H,30,31);1H2;;/q;;;+2/p-2. The molecule has 0 saturated carbocycles. The molecule has 6 nitrogen and oxygen atoms in total. The van der Waals surface area contributed by atoms with Crippen LogP contribution in [0.4, 0.5) is 0 Å². The van der Waals surface area contributed by atoms with E-state index in [1.165, 1.54) is 44.9 Å². The summed E-state index contributed by atoms with van der Waals surface area (Å²) in [5.74, 6) is -3.00. The van der Waals surface area contributed by atoms with Gasteiger partial charge in [0.05, 0.1) is 0 Å². The minimum absolute atomic E-state index is 0.218. The number of hydrogen-bond acceptors (Lipinski definition) is 5. The summed E-state index contributed by atoms with van der Waals surface area (Å²) in [6.07, 6.45) is 15.1. The number of unbranched alkanes of at least 4 members (excludes halogenated alkanes) is 9. The van der Waals surface area contributed by atoms with Crippen molar-refractivity contribution in [2.24, 2.45) is 23.2 Å². The van der Waals surface area contributed by atoms with Gasteiger partial charge in [0.15, 0.2) is 0 Å². The molecule has 7 heteroatoms. The first-order valence-electron chi connectivity index (χ1n) is 12.8. The Bertz CT molecular complexity index is 663. The Balaban J connectivity index is 4.89. The molecule has 1 N–H and O–H groups in total. The number of allylic oxidation sites excluding steroid dienone is 2. The molecule has 0 radical (unpaired) electrons. The zero-order valence-electron chi connectivity index (χ0n) is 21.8. The van der Waals surface area contributed by atoms with Crippen LogP contribution in [0.5, 0.6) is 0 Å². The monoisotopic (exact) mass is 514 g/mol. The number of carbonyl (C=O) groups is 3. The molecule has 0 rings (SSSR count). The van der Waals surface area contributed by atoms with E-state index in [1.54, 1.807) is 0 Å². The van der Waals surface area contributed by atoms with E-state index in [0.29, 0.717) is 6.42 Å². The van der Waals surface area contributed by atoms with Gasteiger partial charge >= 0.3 is 169 Å². The summed E-state index contributed by atoms with van der Waals surface area (Å²) in [6, 6.07) is 0. The van der Waals surface area contributed by atoms with E-state index in [0.717, 1.165) is 43.8 Å². The molecule has 1 atom stereocenters. The van der Waals surface area contributed by atoms with Crippen molar-refractivity contribution in [2.75, 3.05) is 0 Å². The van der Waals surface area contributed by atoms with Gasteiger partial charge in [0.1, 0.15) is 0 Å². The van der Waals surface area contributed by atoms with Gasteiger partial charge in [-0.2, -0.15) is 0 Å². The van der Waals surface area contributed by atoms with Crippen LogP contribution in [0.15, 0.2) is 25.3 Å². The first-order valence-corrected chi connectivity index (χ1v) is 14.8. The summed E-state index contributed by atoms with van der Waals surface area (Å²) in [5, 5.41) is 0. The first-order chi connectivity index (χ1) is 16.0. The minimum atomic E-state index is -4.32. The SMILES string of the molecule is C=CC(=O)C(C(=O)C=C)(C(=O)[O][Ti](=[O])[OH])C(CCCCCCCCCCCCC(C)C)C(C)C. The third-order valence-electron chi connectivity index (χ3n) is 6.56. The average molecular weight is 515 g/mol. The normalized spacial score (nSPS) is 12.4. The van der Waals surface area contributed by atoms with Gasteiger partial charge in [-0.1, -0.05) is 39.5 Å². The second-order valence-corrected chi connectivity index (χ2v) is 11.1. The Labute approximate surface area is 213 Å². The number of carbonyl (C=O) groups excluding carboxylic acids is 3. The zero-order chi connectivity index (χ0) is 26.1. The topological polar surface area (TPSA) is 97.7 Å². The van der Waals surface area contributed by atoms with E-state index in [1.807, 2.05) is 13.8 Å². The van der Waals surface area contributed by atoms with Crippen LogP contribution in [0, 0.1) is 23.2 Å². The maximum atomic E-state index is 12.9. The summed E-state index contributed by atoms with van der Waals surface area (Å²) >= 11 is -4.32. The number of hydrogen-bond donors (Lipinski definition) is 1. The van der Waals surface area contributed by atoms with Gasteiger partial charge in [0.25, 0.3) is 0 Å². The van der Waals surface area contributed by atoms with Gasteiger partial charge in [-0.05, 0) is 5.92 Å². The van der Waals surface area contributed by atoms with Gasteiger partial charge in [-0.15, -0.1) is 0 Å². The van der Waals surface area contributed by atoms with Crippen LogP contribution in [0.1, 0.15) is 105 Å². The first kappa shape index (κ1) is 32.8. The molecule has 34 heavy (non-hydrogen) atoms. The molecule has 0 bridgehead atoms. The van der Waals surface area contributed by atoms with Gasteiger partial charge in [-0.25, -0.2) is 0 Å². The fraction of sp³-hybridized carbons (Fsp3) is 0.741. The molecule has 1 unspecified atom stereocenters. The fourth-order valence-corrected chi connectivity index (χ4v) is 5.20. The van der Waals surface area contributed by atoms with E-state index in [4.69, 9.17) is 0 Å². The van der Waals surface area contributed by atoms with Crippen LogP contribution < -0.4 is 0 Å². The summed E-state index contributed by atoms with van der Waals surface area (Å²) in [4.78, 5) is 38.6. The Hall–Kier alpha value is -1.24. The molecule has 0 aromatic rings. The van der Waals surface area contributed by atoms with Crippen LogP contribution >= 0.6 is 0 Å². The van der Waals surface area contributed by atoms with Crippen molar-refractivity contribution in [2.45, 2.75) is 105 Å². The van der Waals surface area contributed by atoms with Crippen LogP contribution in [-0.4, -0.2) is 21.2 Å². The molecule has 0 aromatic heterocycles. The molecule has 0 amide bonds. The molecule has 0 aromatic carbocycles. The fourth-order valence-electron chi connectivity index (χ4n) is 4.70. The molecule has 0 aliphatic carbocycles. The Kier molecular flexibility index (Phi) is 17.4. The second kappa shape index (κ2) is 18.1. The van der Waals surface area contributed by atoms with Gasteiger partial charge in [0.2, 0.25) is 0 Å². The molecule has 0 aliphatic heterocycles. The number of rotatable bonds is 21. The molecule has 194 valence electrons. The summed E-state index contributed by atoms with van der Waals surface area (Å²) in [6.45, 7) is 15.1. The quantitative estimate of drug-likeness (QED) is 0.0821. The van der Waals surface area contributed by atoms with Crippen molar-refractivity contribution in [3.05, 3.63) is 25.3 Å². The molecular weight excluding hydrogens is 468 g/mol. The van der Waals surface area contributed by atoms with Crippen LogP contribution in [0.3, 0.4) is 0 Å². The Morgan fingerprint density at radius 2 is 1.18 bits per heavy atom. The third-order valence-corrected chi connectivity index (χ3v) is 7.12. The second-order valence-electron chi connectivity index (χ2n) is 9.96. The van der Waals surface area contributed by atoms with Gasteiger partial charge in [0, 0.05) is 0 Å². The van der Waals surface area contributed by atoms with E-state index in [9.17, 15) is 21.4 Å². The van der Waals surface area contributed by atoms with Crippen molar-refractivity contribution in [1.29, 1.82) is 0 Å². The van der Waals surface area contributed by atoms with E-state index >= 15 is 0 Å². The average Bonchev–Trinajstić information content (AvgIpc) is 2.77. The Morgan fingerprint density at radius 3 is 1.50 bits per heavy atom. The van der Waals surface area contributed by atoms with Gasteiger partial charge < -0.3 is 0 Å². The van der Waals surface area contributed by atoms with Crippen molar-refractivity contribution >= 4 is 17.5 Å². The van der Waals surface area contributed by atoms with E-state index in [2.05, 4.69) is 30.3 Å². The summed E-state index contributed by atoms with van der Waals surface area (Å²) in [7, 11) is 0. The van der Waals surface area contributed by atoms with Crippen molar-refractivity contribution in [3.8, 4) is 0 Å². The zero-order valence-corrected chi connectivity index (χ0v) is 23.3. The van der Waals surface area contributed by atoms with Crippen LogP contribution in [0.25, 0.3) is 0 Å². The van der Waals surface area contributed by atoms with Crippen molar-refractivity contribution < 1.29 is 43.3 Å². The predicted octanol–water partition coefficient (Wildman–Crippen LogP) is 6.42. The summed E-state index contributed by atoms with van der Waals surface area (Å²) < 4.78 is 25.1. The van der Waals surface area contributed by atoms with Crippen molar-refractivity contribution in [3.63, 3.8) is 0 Å². The van der Waals surface area contributed by atoms with Crippen LogP contribution in [-0.2, 0) is 39.6 Å². The van der Waals surface area contributed by atoms with E-state index in [-0.39, 0.29) is 5.92 Å². The molecule has 0 fully saturated rings. The third kappa shape index (κ3) is 11.0. The molecular formula is C27H46O6Ti. The van der Waals surface area contributed by atoms with E-state index < -0.39 is 47.5 Å².